The minimum atomic E-state index is -0.474. The molecule has 0 aliphatic carbocycles. The fraction of sp³-hybridized carbons (Fsp3) is 0.150. The van der Waals surface area contributed by atoms with Gasteiger partial charge in [-0.2, -0.15) is 10.4 Å². The molecule has 6 heteroatoms. The molecule has 0 saturated carbocycles. The summed E-state index contributed by atoms with van der Waals surface area (Å²) in [6.45, 7) is 3.60. The van der Waals surface area contributed by atoms with E-state index in [-0.39, 0.29) is 12.4 Å². The van der Waals surface area contributed by atoms with Crippen molar-refractivity contribution in [3.63, 3.8) is 0 Å². The van der Waals surface area contributed by atoms with E-state index in [0.717, 1.165) is 5.56 Å². The van der Waals surface area contributed by atoms with E-state index in [9.17, 15) is 9.18 Å². The number of hydrogen-bond donors (Lipinski definition) is 0. The van der Waals surface area contributed by atoms with Gasteiger partial charge >= 0.3 is 5.97 Å². The first-order chi connectivity index (χ1) is 12.5. The van der Waals surface area contributed by atoms with Gasteiger partial charge in [0.25, 0.3) is 0 Å². The van der Waals surface area contributed by atoms with Crippen molar-refractivity contribution >= 4 is 5.97 Å². The molecule has 5 nitrogen and oxygen atoms in total. The smallest absolute Gasteiger partial charge is 0.342 e. The maximum absolute atomic E-state index is 13.1. The number of aryl methyl sites for hydroxylation is 1. The highest BCUT2D eigenvalue weighted by Crippen LogP contribution is 2.20. The van der Waals surface area contributed by atoms with E-state index < -0.39 is 5.97 Å². The second kappa shape index (κ2) is 7.19. The maximum Gasteiger partial charge on any atom is 0.342 e. The molecule has 0 N–H and O–H groups in total. The van der Waals surface area contributed by atoms with Gasteiger partial charge in [-0.3, -0.25) is 0 Å². The summed E-state index contributed by atoms with van der Waals surface area (Å²) >= 11 is 0. The van der Waals surface area contributed by atoms with Crippen LogP contribution in [0.3, 0.4) is 0 Å². The average Bonchev–Trinajstić information content (AvgIpc) is 2.95. The van der Waals surface area contributed by atoms with Gasteiger partial charge in [0.15, 0.2) is 0 Å². The SMILES string of the molecule is Cc1nn(-c2ccc(F)cc2)c(C)c1C(=O)OCc1ccc(C#N)cc1. The van der Waals surface area contributed by atoms with Crippen LogP contribution in [0.15, 0.2) is 48.5 Å². The van der Waals surface area contributed by atoms with Gasteiger partial charge in [-0.1, -0.05) is 12.1 Å². The zero-order valence-corrected chi connectivity index (χ0v) is 14.4. The monoisotopic (exact) mass is 349 g/mol. The highest BCUT2D eigenvalue weighted by Gasteiger charge is 2.20. The number of nitrogens with zero attached hydrogens (tertiary/aromatic N) is 3. The van der Waals surface area contributed by atoms with Gasteiger partial charge in [0.1, 0.15) is 18.0 Å². The van der Waals surface area contributed by atoms with E-state index in [1.165, 1.54) is 12.1 Å². The third kappa shape index (κ3) is 3.47. The summed E-state index contributed by atoms with van der Waals surface area (Å²) in [6, 6.07) is 14.8. The molecule has 0 radical (unpaired) electrons. The van der Waals surface area contributed by atoms with Gasteiger partial charge in [-0.15, -0.1) is 0 Å². The molecule has 130 valence electrons. The Kier molecular flexibility index (Phi) is 4.81. The van der Waals surface area contributed by atoms with Gasteiger partial charge < -0.3 is 4.74 Å². The fourth-order valence-electron chi connectivity index (χ4n) is 2.67. The molecule has 0 unspecified atom stereocenters. The average molecular weight is 349 g/mol. The summed E-state index contributed by atoms with van der Waals surface area (Å²) in [5, 5.41) is 13.2. The summed E-state index contributed by atoms with van der Waals surface area (Å²) in [6.07, 6.45) is 0. The normalized spacial score (nSPS) is 10.4. The first kappa shape index (κ1) is 17.4. The first-order valence-electron chi connectivity index (χ1n) is 7.98. The molecule has 0 spiro atoms. The van der Waals surface area contributed by atoms with Gasteiger partial charge in [-0.05, 0) is 55.8 Å². The molecule has 0 aliphatic rings. The highest BCUT2D eigenvalue weighted by atomic mass is 19.1. The van der Waals surface area contributed by atoms with Crippen LogP contribution in [0.2, 0.25) is 0 Å². The third-order valence-corrected chi connectivity index (χ3v) is 4.02. The van der Waals surface area contributed by atoms with Crippen LogP contribution in [0.1, 0.15) is 32.9 Å². The van der Waals surface area contributed by atoms with Crippen molar-refractivity contribution in [3.05, 3.63) is 82.4 Å². The maximum atomic E-state index is 13.1. The molecule has 26 heavy (non-hydrogen) atoms. The van der Waals surface area contributed by atoms with E-state index >= 15 is 0 Å². The molecule has 0 aliphatic heterocycles. The van der Waals surface area contributed by atoms with E-state index in [1.54, 1.807) is 54.9 Å². The summed E-state index contributed by atoms with van der Waals surface area (Å²) in [5.74, 6) is -0.810. The largest absolute Gasteiger partial charge is 0.457 e. The molecule has 0 bridgehead atoms. The van der Waals surface area contributed by atoms with Gasteiger partial charge in [0.05, 0.1) is 28.7 Å². The third-order valence-electron chi connectivity index (χ3n) is 4.02. The number of esters is 1. The topological polar surface area (TPSA) is 67.9 Å². The minimum absolute atomic E-state index is 0.102. The first-order valence-corrected chi connectivity index (χ1v) is 7.98. The lowest BCUT2D eigenvalue weighted by atomic mass is 10.1. The zero-order valence-electron chi connectivity index (χ0n) is 14.4. The Labute approximate surface area is 150 Å². The molecular formula is C20H16FN3O2. The summed E-state index contributed by atoms with van der Waals surface area (Å²) in [5.41, 5.74) is 3.56. The lowest BCUT2D eigenvalue weighted by Gasteiger charge is -2.07. The number of ether oxygens (including phenoxy) is 1. The number of nitriles is 1. The quantitative estimate of drug-likeness (QED) is 0.671. The van der Waals surface area contributed by atoms with Crippen LogP contribution in [0.25, 0.3) is 5.69 Å². The Hall–Kier alpha value is -3.46. The van der Waals surface area contributed by atoms with Crippen LogP contribution in [-0.4, -0.2) is 15.7 Å². The second-order valence-electron chi connectivity index (χ2n) is 5.82. The fourth-order valence-corrected chi connectivity index (χ4v) is 2.67. The Morgan fingerprint density at radius 1 is 1.15 bits per heavy atom. The number of carbonyl (C=O) groups excluding carboxylic acids is 1. The Morgan fingerprint density at radius 2 is 1.81 bits per heavy atom. The van der Waals surface area contributed by atoms with E-state index in [0.29, 0.717) is 28.2 Å². The molecule has 3 rings (SSSR count). The molecule has 3 aromatic rings. The van der Waals surface area contributed by atoms with Crippen molar-refractivity contribution in [3.8, 4) is 11.8 Å². The predicted octanol–water partition coefficient (Wildman–Crippen LogP) is 3.86. The summed E-state index contributed by atoms with van der Waals surface area (Å²) in [4.78, 5) is 12.5. The molecule has 1 heterocycles. The van der Waals surface area contributed by atoms with E-state index in [4.69, 9.17) is 10.00 Å². The molecule has 1 aromatic heterocycles. The van der Waals surface area contributed by atoms with E-state index in [2.05, 4.69) is 5.10 Å². The number of halogens is 1. The van der Waals surface area contributed by atoms with Crippen LogP contribution >= 0.6 is 0 Å². The lowest BCUT2D eigenvalue weighted by Crippen LogP contribution is -2.08. The molecular weight excluding hydrogens is 333 g/mol. The number of benzene rings is 2. The van der Waals surface area contributed by atoms with Crippen LogP contribution in [0, 0.1) is 31.0 Å². The summed E-state index contributed by atoms with van der Waals surface area (Å²) < 4.78 is 20.1. The standard InChI is InChI=1S/C20H16FN3O2/c1-13-19(14(2)24(23-13)18-9-7-17(21)8-10-18)20(25)26-12-16-5-3-15(11-22)4-6-16/h3-10H,12H2,1-2H3. The van der Waals surface area contributed by atoms with Crippen molar-refractivity contribution in [1.29, 1.82) is 5.26 Å². The van der Waals surface area contributed by atoms with Crippen LogP contribution < -0.4 is 0 Å². The lowest BCUT2D eigenvalue weighted by molar-refractivity contribution is 0.0471. The van der Waals surface area contributed by atoms with Crippen LogP contribution in [0.5, 0.6) is 0 Å². The minimum Gasteiger partial charge on any atom is -0.457 e. The van der Waals surface area contributed by atoms with Crippen LogP contribution in [0.4, 0.5) is 4.39 Å². The number of rotatable bonds is 4. The Balaban J connectivity index is 1.79. The zero-order chi connectivity index (χ0) is 18.7. The van der Waals surface area contributed by atoms with Crippen molar-refractivity contribution in [2.75, 3.05) is 0 Å². The molecule has 2 aromatic carbocycles. The van der Waals surface area contributed by atoms with Gasteiger partial charge in [0, 0.05) is 0 Å². The van der Waals surface area contributed by atoms with Crippen molar-refractivity contribution in [2.24, 2.45) is 0 Å². The Morgan fingerprint density at radius 3 is 2.42 bits per heavy atom. The highest BCUT2D eigenvalue weighted by molar-refractivity contribution is 5.92. The molecule has 0 atom stereocenters. The van der Waals surface area contributed by atoms with Crippen LogP contribution in [-0.2, 0) is 11.3 Å². The van der Waals surface area contributed by atoms with Gasteiger partial charge in [-0.25, -0.2) is 13.9 Å². The molecule has 0 saturated heterocycles. The van der Waals surface area contributed by atoms with Gasteiger partial charge in [0.2, 0.25) is 0 Å². The van der Waals surface area contributed by atoms with Crippen molar-refractivity contribution < 1.29 is 13.9 Å². The Bertz CT molecular complexity index is 984. The predicted molar refractivity (Wildman–Crippen MR) is 93.3 cm³/mol. The summed E-state index contributed by atoms with van der Waals surface area (Å²) in [7, 11) is 0. The van der Waals surface area contributed by atoms with Crippen molar-refractivity contribution in [1.82, 2.24) is 9.78 Å². The number of hydrogen-bond acceptors (Lipinski definition) is 4. The number of carbonyl (C=O) groups is 1. The molecule has 0 fully saturated rings. The van der Waals surface area contributed by atoms with E-state index in [1.807, 2.05) is 6.07 Å². The number of aromatic nitrogens is 2. The molecule has 0 amide bonds. The second-order valence-corrected chi connectivity index (χ2v) is 5.82. The van der Waals surface area contributed by atoms with Crippen molar-refractivity contribution in [2.45, 2.75) is 20.5 Å².